The molecule has 1 saturated carbocycles. The Balaban J connectivity index is 1.27. The lowest BCUT2D eigenvalue weighted by molar-refractivity contribution is -0.127. The van der Waals surface area contributed by atoms with E-state index in [0.29, 0.717) is 48.6 Å². The third kappa shape index (κ3) is 7.95. The standard InChI is InChI=1S/C38H47N7O5S/c46-36(28-44-35-13-7-6-12-34(35)40-41-44)45(32-18-20-33(21-19-32)51(48,49)43-22-8-1-2-9-23-43)37(38(47)39-30-10-4-3-5-11-30)29-14-16-31(17-15-29)42-24-26-50-27-25-42/h6-7,12-21,30,37H,1-5,8-11,22-28H2,(H,39,47). The third-order valence-corrected chi connectivity index (χ3v) is 12.2. The minimum atomic E-state index is -3.72. The Kier molecular flexibility index (Phi) is 11.0. The molecular formula is C38H47N7O5S. The number of aromatic nitrogens is 3. The van der Waals surface area contributed by atoms with Crippen molar-refractivity contribution in [3.8, 4) is 0 Å². The lowest BCUT2D eigenvalue weighted by atomic mass is 9.94. The van der Waals surface area contributed by atoms with Gasteiger partial charge in [0, 0.05) is 43.6 Å². The van der Waals surface area contributed by atoms with Crippen LogP contribution in [0.3, 0.4) is 0 Å². The number of morpholine rings is 1. The molecule has 4 aromatic rings. The number of fused-ring (bicyclic) bond motifs is 1. The van der Waals surface area contributed by atoms with Gasteiger partial charge in [0.05, 0.1) is 23.6 Å². The number of rotatable bonds is 10. The summed E-state index contributed by atoms with van der Waals surface area (Å²) >= 11 is 0. The van der Waals surface area contributed by atoms with Crippen LogP contribution >= 0.6 is 0 Å². The van der Waals surface area contributed by atoms with Crippen LogP contribution < -0.4 is 15.1 Å². The van der Waals surface area contributed by atoms with Crippen LogP contribution in [0, 0.1) is 0 Å². The zero-order chi connectivity index (χ0) is 35.2. The van der Waals surface area contributed by atoms with Crippen molar-refractivity contribution in [3.05, 3.63) is 78.4 Å². The summed E-state index contributed by atoms with van der Waals surface area (Å²) in [6.45, 7) is 3.65. The number of anilines is 2. The van der Waals surface area contributed by atoms with E-state index >= 15 is 0 Å². The van der Waals surface area contributed by atoms with Crippen LogP contribution in [0.2, 0.25) is 0 Å². The molecule has 12 nitrogen and oxygen atoms in total. The molecule has 3 aromatic carbocycles. The lowest BCUT2D eigenvalue weighted by Crippen LogP contribution is -2.48. The summed E-state index contributed by atoms with van der Waals surface area (Å²) in [7, 11) is -3.72. The van der Waals surface area contributed by atoms with Crippen LogP contribution in [0.5, 0.6) is 0 Å². The first kappa shape index (κ1) is 35.1. The van der Waals surface area contributed by atoms with Gasteiger partial charge in [-0.2, -0.15) is 4.31 Å². The molecule has 0 spiro atoms. The van der Waals surface area contributed by atoms with Gasteiger partial charge in [0.15, 0.2) is 0 Å². The van der Waals surface area contributed by atoms with Gasteiger partial charge in [0.25, 0.3) is 0 Å². The van der Waals surface area contributed by atoms with Crippen molar-refractivity contribution in [1.82, 2.24) is 24.6 Å². The summed E-state index contributed by atoms with van der Waals surface area (Å²) in [5, 5.41) is 11.8. The number of benzene rings is 3. The Labute approximate surface area is 299 Å². The molecule has 1 atom stereocenters. The van der Waals surface area contributed by atoms with Gasteiger partial charge in [-0.05, 0) is 79.8 Å². The van der Waals surface area contributed by atoms with Gasteiger partial charge in [0.1, 0.15) is 18.1 Å². The van der Waals surface area contributed by atoms with Gasteiger partial charge in [-0.25, -0.2) is 13.1 Å². The molecule has 0 bridgehead atoms. The monoisotopic (exact) mass is 713 g/mol. The lowest BCUT2D eigenvalue weighted by Gasteiger charge is -2.34. The van der Waals surface area contributed by atoms with E-state index in [0.717, 1.165) is 76.6 Å². The van der Waals surface area contributed by atoms with Crippen LogP contribution in [-0.2, 0) is 30.9 Å². The van der Waals surface area contributed by atoms with E-state index in [-0.39, 0.29) is 29.3 Å². The van der Waals surface area contributed by atoms with Crippen LogP contribution in [-0.4, -0.2) is 85.0 Å². The molecule has 1 aromatic heterocycles. The fourth-order valence-corrected chi connectivity index (χ4v) is 9.04. The number of hydrogen-bond donors (Lipinski definition) is 1. The zero-order valence-electron chi connectivity index (χ0n) is 29.0. The number of sulfonamides is 1. The van der Waals surface area contributed by atoms with E-state index in [2.05, 4.69) is 20.5 Å². The van der Waals surface area contributed by atoms with Crippen LogP contribution in [0.25, 0.3) is 11.0 Å². The maximum atomic E-state index is 14.7. The SMILES string of the molecule is O=C(NC1CCCCC1)C(c1ccc(N2CCOCC2)cc1)N(C(=O)Cn1nnc2ccccc21)c1ccc(S(=O)(=O)N2CCCCCC2)cc1. The van der Waals surface area contributed by atoms with Crippen molar-refractivity contribution in [2.45, 2.75) is 81.3 Å². The highest BCUT2D eigenvalue weighted by Gasteiger charge is 2.35. The summed E-state index contributed by atoms with van der Waals surface area (Å²) < 4.78 is 36.0. The minimum Gasteiger partial charge on any atom is -0.378 e. The summed E-state index contributed by atoms with van der Waals surface area (Å²) in [6, 6.07) is 20.6. The summed E-state index contributed by atoms with van der Waals surface area (Å²) in [4.78, 5) is 33.1. The molecule has 2 amide bonds. The average molecular weight is 714 g/mol. The van der Waals surface area contributed by atoms with Crippen molar-refractivity contribution >= 4 is 44.2 Å². The second-order valence-corrected chi connectivity index (χ2v) is 15.7. The number of para-hydroxylation sites is 1. The molecule has 3 heterocycles. The van der Waals surface area contributed by atoms with Crippen LogP contribution in [0.15, 0.2) is 77.7 Å². The Morgan fingerprint density at radius 1 is 0.824 bits per heavy atom. The second-order valence-electron chi connectivity index (χ2n) is 13.7. The topological polar surface area (TPSA) is 130 Å². The maximum Gasteiger partial charge on any atom is 0.249 e. The van der Waals surface area contributed by atoms with E-state index in [1.807, 2.05) is 48.5 Å². The predicted octanol–water partition coefficient (Wildman–Crippen LogP) is 5.06. The van der Waals surface area contributed by atoms with Gasteiger partial charge < -0.3 is 15.0 Å². The molecule has 0 radical (unpaired) electrons. The number of amides is 2. The van der Waals surface area contributed by atoms with E-state index in [1.54, 1.807) is 33.3 Å². The Morgan fingerprint density at radius 3 is 2.20 bits per heavy atom. The summed E-state index contributed by atoms with van der Waals surface area (Å²) in [5.74, 6) is -0.658. The van der Waals surface area contributed by atoms with E-state index in [4.69, 9.17) is 4.74 Å². The van der Waals surface area contributed by atoms with Crippen molar-refractivity contribution in [3.63, 3.8) is 0 Å². The number of carbonyl (C=O) groups is 2. The highest BCUT2D eigenvalue weighted by molar-refractivity contribution is 7.89. The number of carbonyl (C=O) groups excluding carboxylic acids is 2. The fourth-order valence-electron chi connectivity index (χ4n) is 7.52. The normalized spacial score (nSPS) is 18.6. The molecule has 3 fully saturated rings. The maximum absolute atomic E-state index is 14.7. The first-order valence-corrected chi connectivity index (χ1v) is 19.8. The van der Waals surface area contributed by atoms with Crippen molar-refractivity contribution < 1.29 is 22.7 Å². The van der Waals surface area contributed by atoms with Gasteiger partial charge in [-0.15, -0.1) is 5.10 Å². The Morgan fingerprint density at radius 2 is 1.49 bits per heavy atom. The Bertz CT molecular complexity index is 1890. The van der Waals surface area contributed by atoms with Crippen LogP contribution in [0.1, 0.15) is 69.4 Å². The molecule has 7 rings (SSSR count). The van der Waals surface area contributed by atoms with Gasteiger partial charge >= 0.3 is 0 Å². The van der Waals surface area contributed by atoms with Gasteiger partial charge in [0.2, 0.25) is 21.8 Å². The molecular weight excluding hydrogens is 667 g/mol. The molecule has 270 valence electrons. The molecule has 3 aliphatic rings. The van der Waals surface area contributed by atoms with Crippen molar-refractivity contribution in [2.75, 3.05) is 49.2 Å². The molecule has 13 heteroatoms. The Hall–Kier alpha value is -4.33. The zero-order valence-corrected chi connectivity index (χ0v) is 29.8. The summed E-state index contributed by atoms with van der Waals surface area (Å²) in [6.07, 6.45) is 8.69. The van der Waals surface area contributed by atoms with Crippen LogP contribution in [0.4, 0.5) is 11.4 Å². The average Bonchev–Trinajstić information content (AvgIpc) is 3.35. The highest BCUT2D eigenvalue weighted by atomic mass is 32.2. The molecule has 51 heavy (non-hydrogen) atoms. The fraction of sp³-hybridized carbons (Fsp3) is 0.474. The van der Waals surface area contributed by atoms with Gasteiger partial charge in [-0.1, -0.05) is 61.6 Å². The van der Waals surface area contributed by atoms with Crippen molar-refractivity contribution in [1.29, 1.82) is 0 Å². The summed E-state index contributed by atoms with van der Waals surface area (Å²) in [5.41, 5.74) is 3.44. The number of nitrogens with zero attached hydrogens (tertiary/aromatic N) is 6. The largest absolute Gasteiger partial charge is 0.378 e. The number of nitrogens with one attached hydrogen (secondary N) is 1. The van der Waals surface area contributed by atoms with Gasteiger partial charge in [-0.3, -0.25) is 14.5 Å². The first-order valence-electron chi connectivity index (χ1n) is 18.3. The molecule has 2 saturated heterocycles. The molecule has 1 aliphatic carbocycles. The third-order valence-electron chi connectivity index (χ3n) is 10.3. The predicted molar refractivity (Wildman–Crippen MR) is 196 cm³/mol. The van der Waals surface area contributed by atoms with Crippen molar-refractivity contribution in [2.24, 2.45) is 0 Å². The smallest absolute Gasteiger partial charge is 0.249 e. The molecule has 2 aliphatic heterocycles. The highest BCUT2D eigenvalue weighted by Crippen LogP contribution is 2.33. The van der Waals surface area contributed by atoms with E-state index < -0.39 is 16.1 Å². The minimum absolute atomic E-state index is 0.0127. The molecule has 1 N–H and O–H groups in total. The first-order chi connectivity index (χ1) is 24.9. The quantitative estimate of drug-likeness (QED) is 0.242. The number of hydrogen-bond acceptors (Lipinski definition) is 8. The van der Waals surface area contributed by atoms with E-state index in [9.17, 15) is 18.0 Å². The second kappa shape index (κ2) is 15.9. The van der Waals surface area contributed by atoms with E-state index in [1.165, 1.54) is 4.90 Å². The number of ether oxygens (including phenoxy) is 1. The molecule has 1 unspecified atom stereocenters.